The predicted molar refractivity (Wildman–Crippen MR) is 56.7 cm³/mol. The Morgan fingerprint density at radius 3 is 2.24 bits per heavy atom. The van der Waals surface area contributed by atoms with Crippen molar-refractivity contribution in [1.82, 2.24) is 0 Å². The lowest BCUT2D eigenvalue weighted by atomic mass is 9.92. The fourth-order valence-electron chi connectivity index (χ4n) is 1.44. The van der Waals surface area contributed by atoms with Crippen LogP contribution in [0.25, 0.3) is 0 Å². The van der Waals surface area contributed by atoms with Gasteiger partial charge in [-0.05, 0) is 17.7 Å². The Kier molecular flexibility index (Phi) is 4.03. The number of ketones is 1. The Labute approximate surface area is 96.2 Å². The molecule has 1 rings (SSSR count). The Balaban J connectivity index is 2.99. The van der Waals surface area contributed by atoms with Gasteiger partial charge in [0.2, 0.25) is 5.78 Å². The van der Waals surface area contributed by atoms with Gasteiger partial charge in [-0.25, -0.2) is 9.18 Å². The zero-order chi connectivity index (χ0) is 13.0. The highest BCUT2D eigenvalue weighted by Gasteiger charge is 2.30. The molecule has 2 unspecified atom stereocenters. The first-order valence-corrected chi connectivity index (χ1v) is 4.82. The maximum Gasteiger partial charge on any atom is 0.372 e. The number of nitrogens with zero attached hydrogens (tertiary/aromatic N) is 1. The molecule has 1 aromatic carbocycles. The summed E-state index contributed by atoms with van der Waals surface area (Å²) in [6, 6.07) is 3.70. The SMILES string of the molecule is CC(C(=O)C(=O)O)C(N=O)c1ccc(F)cc1. The van der Waals surface area contributed by atoms with Crippen LogP contribution in [0.1, 0.15) is 18.5 Å². The van der Waals surface area contributed by atoms with Crippen molar-refractivity contribution in [2.24, 2.45) is 11.1 Å². The maximum absolute atomic E-state index is 12.7. The minimum atomic E-state index is -1.62. The number of carbonyl (C=O) groups is 2. The number of aliphatic carboxylic acids is 1. The number of hydrogen-bond acceptors (Lipinski definition) is 4. The van der Waals surface area contributed by atoms with E-state index >= 15 is 0 Å². The number of nitroso groups, excluding NO2 is 1. The molecule has 2 atom stereocenters. The Hall–Kier alpha value is -2.11. The summed E-state index contributed by atoms with van der Waals surface area (Å²) in [5, 5.41) is 11.3. The van der Waals surface area contributed by atoms with Gasteiger partial charge in [0.15, 0.2) is 0 Å². The van der Waals surface area contributed by atoms with Crippen LogP contribution >= 0.6 is 0 Å². The fraction of sp³-hybridized carbons (Fsp3) is 0.273. The molecule has 0 amide bonds. The summed E-state index contributed by atoms with van der Waals surface area (Å²) in [6.45, 7) is 1.30. The molecule has 0 aliphatic rings. The summed E-state index contributed by atoms with van der Waals surface area (Å²) in [5.74, 6) is -4.29. The van der Waals surface area contributed by atoms with E-state index in [1.807, 2.05) is 0 Å². The quantitative estimate of drug-likeness (QED) is 0.628. The van der Waals surface area contributed by atoms with Crippen molar-refractivity contribution in [3.8, 4) is 0 Å². The molecule has 0 aromatic heterocycles. The average molecular weight is 239 g/mol. The van der Waals surface area contributed by atoms with Gasteiger partial charge in [-0.1, -0.05) is 24.2 Å². The van der Waals surface area contributed by atoms with Gasteiger partial charge in [-0.3, -0.25) is 4.79 Å². The van der Waals surface area contributed by atoms with E-state index in [4.69, 9.17) is 5.11 Å². The van der Waals surface area contributed by atoms with Crippen molar-refractivity contribution in [1.29, 1.82) is 0 Å². The van der Waals surface area contributed by atoms with Crippen molar-refractivity contribution in [3.63, 3.8) is 0 Å². The van der Waals surface area contributed by atoms with E-state index in [0.717, 1.165) is 12.1 Å². The second-order valence-electron chi connectivity index (χ2n) is 3.56. The molecular weight excluding hydrogens is 229 g/mol. The second kappa shape index (κ2) is 5.29. The number of carboxylic acid groups (broad SMARTS) is 1. The highest BCUT2D eigenvalue weighted by Crippen LogP contribution is 2.26. The van der Waals surface area contributed by atoms with Crippen LogP contribution in [0.5, 0.6) is 0 Å². The molecule has 0 aliphatic carbocycles. The second-order valence-corrected chi connectivity index (χ2v) is 3.56. The van der Waals surface area contributed by atoms with Gasteiger partial charge in [-0.2, -0.15) is 4.91 Å². The number of carboxylic acids is 1. The molecule has 0 aliphatic heterocycles. The summed E-state index contributed by atoms with van der Waals surface area (Å²) >= 11 is 0. The number of halogens is 1. The van der Waals surface area contributed by atoms with Crippen LogP contribution in [-0.4, -0.2) is 16.9 Å². The first-order chi connectivity index (χ1) is 7.97. The van der Waals surface area contributed by atoms with E-state index in [2.05, 4.69) is 5.18 Å². The summed E-state index contributed by atoms with van der Waals surface area (Å²) in [7, 11) is 0. The molecular formula is C11H10FNO4. The van der Waals surface area contributed by atoms with Gasteiger partial charge in [0.05, 0.1) is 5.92 Å². The van der Waals surface area contributed by atoms with E-state index in [1.165, 1.54) is 19.1 Å². The van der Waals surface area contributed by atoms with Gasteiger partial charge in [0, 0.05) is 0 Å². The molecule has 0 saturated carbocycles. The standard InChI is InChI=1S/C11H10FNO4/c1-6(10(14)11(15)16)9(13-17)7-2-4-8(12)5-3-7/h2-6,9H,1H3,(H,15,16). The summed E-state index contributed by atoms with van der Waals surface area (Å²) in [5.41, 5.74) is 0.309. The van der Waals surface area contributed by atoms with Crippen LogP contribution < -0.4 is 0 Å². The third-order valence-corrected chi connectivity index (χ3v) is 2.42. The van der Waals surface area contributed by atoms with Crippen LogP contribution in [0, 0.1) is 16.6 Å². The molecule has 0 heterocycles. The maximum atomic E-state index is 12.7. The first-order valence-electron chi connectivity index (χ1n) is 4.82. The van der Waals surface area contributed by atoms with Gasteiger partial charge in [0.1, 0.15) is 11.9 Å². The summed E-state index contributed by atoms with van der Waals surface area (Å²) in [6.07, 6.45) is 0. The van der Waals surface area contributed by atoms with Crippen LogP contribution in [-0.2, 0) is 9.59 Å². The third-order valence-electron chi connectivity index (χ3n) is 2.42. The first kappa shape index (κ1) is 13.0. The van der Waals surface area contributed by atoms with Crippen LogP contribution in [0.2, 0.25) is 0 Å². The molecule has 17 heavy (non-hydrogen) atoms. The van der Waals surface area contributed by atoms with Gasteiger partial charge >= 0.3 is 5.97 Å². The topological polar surface area (TPSA) is 83.8 Å². The highest BCUT2D eigenvalue weighted by molar-refractivity contribution is 6.33. The average Bonchev–Trinajstić information content (AvgIpc) is 2.31. The van der Waals surface area contributed by atoms with E-state index in [9.17, 15) is 18.9 Å². The van der Waals surface area contributed by atoms with E-state index < -0.39 is 29.5 Å². The lowest BCUT2D eigenvalue weighted by molar-refractivity contribution is -0.151. The molecule has 5 nitrogen and oxygen atoms in total. The van der Waals surface area contributed by atoms with Gasteiger partial charge in [0.25, 0.3) is 0 Å². The smallest absolute Gasteiger partial charge is 0.372 e. The van der Waals surface area contributed by atoms with E-state index in [1.54, 1.807) is 0 Å². The van der Waals surface area contributed by atoms with Crippen LogP contribution in [0.3, 0.4) is 0 Å². The third kappa shape index (κ3) is 2.93. The zero-order valence-electron chi connectivity index (χ0n) is 8.96. The van der Waals surface area contributed by atoms with Crippen molar-refractivity contribution in [3.05, 3.63) is 40.6 Å². The minimum absolute atomic E-state index is 0.309. The van der Waals surface area contributed by atoms with Crippen LogP contribution in [0.4, 0.5) is 4.39 Å². The van der Waals surface area contributed by atoms with Crippen molar-refractivity contribution in [2.45, 2.75) is 13.0 Å². The molecule has 6 heteroatoms. The monoisotopic (exact) mass is 239 g/mol. The normalized spacial score (nSPS) is 13.8. The van der Waals surface area contributed by atoms with Crippen molar-refractivity contribution in [2.75, 3.05) is 0 Å². The summed E-state index contributed by atoms with van der Waals surface area (Å²) < 4.78 is 12.7. The lowest BCUT2D eigenvalue weighted by Gasteiger charge is -2.14. The molecule has 1 N–H and O–H groups in total. The van der Waals surface area contributed by atoms with E-state index in [-0.39, 0.29) is 0 Å². The minimum Gasteiger partial charge on any atom is -0.475 e. The van der Waals surface area contributed by atoms with Gasteiger partial charge < -0.3 is 5.11 Å². The van der Waals surface area contributed by atoms with Crippen molar-refractivity contribution >= 4 is 11.8 Å². The number of rotatable bonds is 5. The van der Waals surface area contributed by atoms with E-state index in [0.29, 0.717) is 5.56 Å². The Morgan fingerprint density at radius 2 is 1.82 bits per heavy atom. The Morgan fingerprint density at radius 1 is 1.29 bits per heavy atom. The molecule has 0 radical (unpaired) electrons. The highest BCUT2D eigenvalue weighted by atomic mass is 19.1. The molecule has 0 spiro atoms. The lowest BCUT2D eigenvalue weighted by Crippen LogP contribution is -2.25. The van der Waals surface area contributed by atoms with Crippen molar-refractivity contribution < 1.29 is 19.1 Å². The molecule has 0 saturated heterocycles. The number of benzene rings is 1. The number of hydrogen-bond donors (Lipinski definition) is 1. The van der Waals surface area contributed by atoms with Crippen LogP contribution in [0.15, 0.2) is 29.4 Å². The number of Topliss-reactive ketones (excluding diaryl/α,β-unsaturated/α-hetero) is 1. The molecule has 1 aromatic rings. The predicted octanol–water partition coefficient (Wildman–Crippen LogP) is 1.92. The molecule has 0 bridgehead atoms. The largest absolute Gasteiger partial charge is 0.475 e. The summed E-state index contributed by atoms with van der Waals surface area (Å²) in [4.78, 5) is 32.4. The fourth-order valence-corrected chi connectivity index (χ4v) is 1.44. The number of carbonyl (C=O) groups excluding carboxylic acids is 1. The van der Waals surface area contributed by atoms with Gasteiger partial charge in [-0.15, -0.1) is 0 Å². The molecule has 90 valence electrons. The zero-order valence-corrected chi connectivity index (χ0v) is 8.96. The molecule has 0 fully saturated rings. The Bertz CT molecular complexity index is 443.